The van der Waals surface area contributed by atoms with E-state index in [0.29, 0.717) is 12.8 Å². The van der Waals surface area contributed by atoms with Crippen LogP contribution in [0.2, 0.25) is 0 Å². The van der Waals surface area contributed by atoms with Crippen molar-refractivity contribution in [3.05, 3.63) is 0 Å². The van der Waals surface area contributed by atoms with Gasteiger partial charge in [-0.25, -0.2) is 0 Å². The van der Waals surface area contributed by atoms with Crippen LogP contribution in [0.3, 0.4) is 0 Å². The van der Waals surface area contributed by atoms with Crippen LogP contribution in [0.5, 0.6) is 0 Å². The molecule has 7 heterocycles. The number of aliphatic hydroxyl groups excluding tert-OH is 20. The van der Waals surface area contributed by atoms with Crippen molar-refractivity contribution in [2.24, 2.45) is 11.8 Å². The molecule has 0 radical (unpaired) electrons. The van der Waals surface area contributed by atoms with Crippen LogP contribution in [0, 0.1) is 11.8 Å². The molecule has 34 heteroatoms. The van der Waals surface area contributed by atoms with Crippen molar-refractivity contribution in [3.8, 4) is 0 Å². The minimum absolute atomic E-state index is 0.0626. The minimum Gasteiger partial charge on any atom is -0.394 e. The predicted octanol–water partition coefficient (Wildman–Crippen LogP) is -11.9. The number of unbranched alkanes of at least 4 members (excludes halogenated alkanes) is 1. The summed E-state index contributed by atoms with van der Waals surface area (Å²) in [6.45, 7) is -1.32. The molecule has 0 bridgehead atoms. The Kier molecular flexibility index (Phi) is 25.1. The van der Waals surface area contributed by atoms with Crippen molar-refractivity contribution in [2.75, 3.05) is 52.9 Å². The summed E-state index contributed by atoms with van der Waals surface area (Å²) in [7, 11) is 0. The highest BCUT2D eigenvalue weighted by Crippen LogP contribution is 2.39. The summed E-state index contributed by atoms with van der Waals surface area (Å²) in [6.07, 6.45) is -57.8. The van der Waals surface area contributed by atoms with Gasteiger partial charge < -0.3 is 168 Å². The average molecular weight is 1210 g/mol. The fourth-order valence-corrected chi connectivity index (χ4v) is 10.7. The van der Waals surface area contributed by atoms with Crippen molar-refractivity contribution in [3.63, 3.8) is 0 Å². The summed E-state index contributed by atoms with van der Waals surface area (Å²) in [5.74, 6) is -2.05. The molecular formula is C48H84O34. The summed E-state index contributed by atoms with van der Waals surface area (Å²) >= 11 is 0. The molecule has 0 aliphatic carbocycles. The Bertz CT molecular complexity index is 1880. The normalized spacial score (nSPS) is 51.5. The van der Waals surface area contributed by atoms with Crippen LogP contribution in [0.25, 0.3) is 0 Å². The molecule has 20 N–H and O–H groups in total. The van der Waals surface area contributed by atoms with Crippen molar-refractivity contribution in [1.29, 1.82) is 0 Å². The molecule has 0 saturated carbocycles. The third-order valence-corrected chi connectivity index (χ3v) is 16.0. The molecule has 35 atom stereocenters. The SMILES string of the molecule is CCCCO[C@@H]1C(CO[C@H]2OC(CO)[C@@H](O)C(O)[C@H]2O)O[C@H](OCC2O[C@@H](O[C@@H]3C(CO)O[C@@H](O[C@@H]4C(CO)OC(O)C(C)[C@H]4O)[C@@H](C)C3O)[C@H](O)C(O[C@@H]3OC(CO)[C@H](O)C(O)[C@@H]3O)[C@@H]2O)[C@H](O)C1O[C@@H]1OC(CO)[C@H](O)C(O)[C@@H]1O. The monoisotopic (exact) mass is 1200 g/mol. The first-order valence-electron chi connectivity index (χ1n) is 27.3. The summed E-state index contributed by atoms with van der Waals surface area (Å²) in [5.41, 5.74) is 0. The zero-order valence-corrected chi connectivity index (χ0v) is 44.9. The Morgan fingerprint density at radius 1 is 0.293 bits per heavy atom. The molecule has 82 heavy (non-hydrogen) atoms. The predicted molar refractivity (Wildman–Crippen MR) is 257 cm³/mol. The van der Waals surface area contributed by atoms with Gasteiger partial charge in [0.2, 0.25) is 0 Å². The first-order valence-corrected chi connectivity index (χ1v) is 27.3. The van der Waals surface area contributed by atoms with Gasteiger partial charge in [-0.2, -0.15) is 0 Å². The summed E-state index contributed by atoms with van der Waals surface area (Å²) in [5, 5.41) is 215. The molecule has 34 nitrogen and oxygen atoms in total. The van der Waals surface area contributed by atoms with Crippen LogP contribution in [0.4, 0.5) is 0 Å². The standard InChI is InChI=1S/C48H84O34/c1-4-5-6-69-39-22(13-71-44-32(63)29(60)25(56)16(7-49)73-44)78-45(36(67)41(39)82-47-34(65)31(62)27(58)18(9-51)75-47)70-12-21-28(59)40(81-46-33(64)30(61)26(57)17(8-50)74-46)35(66)48(77-21)80-38-20(11-53)76-43(15(3)24(38)55)79-37-19(10-52)72-42(68)14(2)23(37)54/h14-68H,4-13H2,1-3H3/t14?,15-,16?,17?,18?,19?,20?,21?,22?,23+,24?,25+,26-,27-,28+,29?,30?,31?,32+,33-,34-,35+,36+,37+,38+,39+,40?,41?,42?,43-,44-,45-,46-,47-,48-/m0/s1. The highest BCUT2D eigenvalue weighted by Gasteiger charge is 2.57. The maximum absolute atomic E-state index is 12.2. The Balaban J connectivity index is 1.17. The van der Waals surface area contributed by atoms with E-state index in [0.717, 1.165) is 0 Å². The summed E-state index contributed by atoms with van der Waals surface area (Å²) < 4.78 is 82.4. The number of rotatable bonds is 23. The Morgan fingerprint density at radius 2 is 0.659 bits per heavy atom. The second-order valence-corrected chi connectivity index (χ2v) is 21.6. The van der Waals surface area contributed by atoms with Gasteiger partial charge in [-0.3, -0.25) is 0 Å². The van der Waals surface area contributed by atoms with Gasteiger partial charge in [0.05, 0.1) is 58.5 Å². The molecule has 0 amide bonds. The number of ether oxygens (including phenoxy) is 14. The smallest absolute Gasteiger partial charge is 0.187 e. The minimum atomic E-state index is -2.19. The molecule has 0 aromatic carbocycles. The van der Waals surface area contributed by atoms with Gasteiger partial charge in [0.25, 0.3) is 0 Å². The van der Waals surface area contributed by atoms with E-state index in [1.165, 1.54) is 13.8 Å². The van der Waals surface area contributed by atoms with E-state index < -0.39 is 261 Å². The second kappa shape index (κ2) is 30.2. The first kappa shape index (κ1) is 68.1. The van der Waals surface area contributed by atoms with Gasteiger partial charge in [0.1, 0.15) is 146 Å². The zero-order chi connectivity index (χ0) is 60.2. The van der Waals surface area contributed by atoms with Crippen LogP contribution in [-0.4, -0.2) is 358 Å². The third-order valence-electron chi connectivity index (χ3n) is 16.0. The first-order chi connectivity index (χ1) is 39.0. The van der Waals surface area contributed by atoms with Gasteiger partial charge in [-0.05, 0) is 6.42 Å². The van der Waals surface area contributed by atoms with E-state index in [4.69, 9.17) is 66.3 Å². The van der Waals surface area contributed by atoms with E-state index in [1.54, 1.807) is 0 Å². The lowest BCUT2D eigenvalue weighted by atomic mass is 9.90. The van der Waals surface area contributed by atoms with Crippen LogP contribution in [0.15, 0.2) is 0 Å². The highest BCUT2D eigenvalue weighted by atomic mass is 16.8. The van der Waals surface area contributed by atoms with E-state index in [9.17, 15) is 102 Å². The van der Waals surface area contributed by atoms with Crippen LogP contribution in [-0.2, 0) is 66.3 Å². The van der Waals surface area contributed by atoms with Crippen LogP contribution in [0.1, 0.15) is 33.6 Å². The van der Waals surface area contributed by atoms with Gasteiger partial charge in [0, 0.05) is 18.4 Å². The largest absolute Gasteiger partial charge is 0.394 e. The molecule has 15 unspecified atom stereocenters. The maximum atomic E-state index is 12.2. The zero-order valence-electron chi connectivity index (χ0n) is 44.9. The Morgan fingerprint density at radius 3 is 1.17 bits per heavy atom. The molecule has 480 valence electrons. The third kappa shape index (κ3) is 14.7. The van der Waals surface area contributed by atoms with E-state index in [1.807, 2.05) is 6.92 Å². The Labute approximate surface area is 468 Å². The topological polar surface area (TPSA) is 534 Å². The van der Waals surface area contributed by atoms with Gasteiger partial charge in [0.15, 0.2) is 44.0 Å². The molecule has 7 saturated heterocycles. The quantitative estimate of drug-likeness (QED) is 0.0423. The maximum Gasteiger partial charge on any atom is 0.187 e. The van der Waals surface area contributed by atoms with Gasteiger partial charge >= 0.3 is 0 Å². The van der Waals surface area contributed by atoms with Crippen molar-refractivity contribution >= 4 is 0 Å². The highest BCUT2D eigenvalue weighted by molar-refractivity contribution is 5.00. The molecule has 7 aliphatic heterocycles. The summed E-state index contributed by atoms with van der Waals surface area (Å²) in [6, 6.07) is 0. The number of aliphatic hydroxyl groups is 20. The lowest BCUT2D eigenvalue weighted by Gasteiger charge is -2.50. The van der Waals surface area contributed by atoms with Gasteiger partial charge in [-0.15, -0.1) is 0 Å². The van der Waals surface area contributed by atoms with Crippen LogP contribution < -0.4 is 0 Å². The molecule has 7 fully saturated rings. The van der Waals surface area contributed by atoms with Gasteiger partial charge in [-0.1, -0.05) is 27.2 Å². The fourth-order valence-electron chi connectivity index (χ4n) is 10.7. The number of hydrogen-bond acceptors (Lipinski definition) is 34. The molecule has 7 aliphatic rings. The van der Waals surface area contributed by atoms with Crippen LogP contribution >= 0.6 is 0 Å². The molecule has 7 rings (SSSR count). The Hall–Kier alpha value is -1.36. The van der Waals surface area contributed by atoms with E-state index in [-0.39, 0.29) is 6.61 Å². The van der Waals surface area contributed by atoms with Crippen molar-refractivity contribution < 1.29 is 168 Å². The molecule has 0 aromatic rings. The van der Waals surface area contributed by atoms with E-state index >= 15 is 0 Å². The van der Waals surface area contributed by atoms with Crippen molar-refractivity contribution in [2.45, 2.75) is 236 Å². The average Bonchev–Trinajstić information content (AvgIpc) is 3.18. The fraction of sp³-hybridized carbons (Fsp3) is 1.00. The summed E-state index contributed by atoms with van der Waals surface area (Å²) in [4.78, 5) is 0. The molecular weight excluding hydrogens is 1120 g/mol. The van der Waals surface area contributed by atoms with Crippen molar-refractivity contribution in [1.82, 2.24) is 0 Å². The number of hydrogen-bond donors (Lipinski definition) is 20. The van der Waals surface area contributed by atoms with E-state index in [2.05, 4.69) is 0 Å². The molecule has 0 spiro atoms. The lowest BCUT2D eigenvalue weighted by Crippen LogP contribution is -2.67. The molecule has 0 aromatic heterocycles. The lowest BCUT2D eigenvalue weighted by molar-refractivity contribution is -0.390. The second-order valence-electron chi connectivity index (χ2n) is 21.6.